The maximum atomic E-state index is 12.2. The van der Waals surface area contributed by atoms with Crippen molar-refractivity contribution in [3.05, 3.63) is 23.8 Å². The van der Waals surface area contributed by atoms with Crippen LogP contribution >= 0.6 is 0 Å². The number of ketones is 1. The summed E-state index contributed by atoms with van der Waals surface area (Å²) in [6.07, 6.45) is 0.912. The van der Waals surface area contributed by atoms with Gasteiger partial charge in [-0.2, -0.15) is 0 Å². The lowest BCUT2D eigenvalue weighted by Crippen LogP contribution is -2.33. The van der Waals surface area contributed by atoms with Gasteiger partial charge in [0.2, 0.25) is 10.0 Å². The maximum absolute atomic E-state index is 12.2. The van der Waals surface area contributed by atoms with Gasteiger partial charge in [-0.05, 0) is 37.6 Å². The summed E-state index contributed by atoms with van der Waals surface area (Å²) in [4.78, 5) is 11.2. The Bertz CT molecular complexity index is 595. The standard InChI is InChI=1S/C13H17NO4S/c1-9(7-10(2)15)14-19(16,17)12-3-4-13-11(8-12)5-6-18-13/h3-4,8-9,14H,5-7H2,1-2H3/t9-/m0/s1. The molecule has 0 aromatic heterocycles. The van der Waals surface area contributed by atoms with Gasteiger partial charge in [-0.15, -0.1) is 0 Å². The third-order valence-electron chi connectivity index (χ3n) is 2.92. The molecule has 0 amide bonds. The van der Waals surface area contributed by atoms with Crippen LogP contribution in [0.5, 0.6) is 5.75 Å². The van der Waals surface area contributed by atoms with E-state index in [0.29, 0.717) is 6.61 Å². The van der Waals surface area contributed by atoms with Gasteiger partial charge in [0.25, 0.3) is 0 Å². The minimum absolute atomic E-state index is 0.0439. The SMILES string of the molecule is CC(=O)C[C@H](C)NS(=O)(=O)c1ccc2c(c1)CCO2. The van der Waals surface area contributed by atoms with Crippen LogP contribution in [0.25, 0.3) is 0 Å². The van der Waals surface area contributed by atoms with Crippen LogP contribution < -0.4 is 9.46 Å². The molecule has 0 bridgehead atoms. The van der Waals surface area contributed by atoms with Crippen LogP contribution in [-0.4, -0.2) is 26.8 Å². The molecule has 1 atom stereocenters. The van der Waals surface area contributed by atoms with Crippen LogP contribution in [0.15, 0.2) is 23.1 Å². The summed E-state index contributed by atoms with van der Waals surface area (Å²) in [6, 6.07) is 4.41. The van der Waals surface area contributed by atoms with E-state index < -0.39 is 16.1 Å². The van der Waals surface area contributed by atoms with Gasteiger partial charge in [0.15, 0.2) is 0 Å². The van der Waals surface area contributed by atoms with Crippen LogP contribution in [0.4, 0.5) is 0 Å². The zero-order chi connectivity index (χ0) is 14.0. The molecule has 1 aliphatic heterocycles. The number of sulfonamides is 1. The average Bonchev–Trinajstić information content (AvgIpc) is 2.73. The number of ether oxygens (including phenoxy) is 1. The molecule has 5 nitrogen and oxygen atoms in total. The molecular formula is C13H17NO4S. The van der Waals surface area contributed by atoms with Crippen molar-refractivity contribution in [2.24, 2.45) is 0 Å². The van der Waals surface area contributed by atoms with Crippen molar-refractivity contribution in [3.63, 3.8) is 0 Å². The predicted molar refractivity (Wildman–Crippen MR) is 70.7 cm³/mol. The number of rotatable bonds is 5. The quantitative estimate of drug-likeness (QED) is 0.883. The van der Waals surface area contributed by atoms with E-state index in [2.05, 4.69) is 4.72 Å². The Kier molecular flexibility index (Phi) is 3.91. The summed E-state index contributed by atoms with van der Waals surface area (Å²) in [5.41, 5.74) is 0.905. The van der Waals surface area contributed by atoms with E-state index in [1.807, 2.05) is 0 Å². The highest BCUT2D eigenvalue weighted by atomic mass is 32.2. The molecule has 6 heteroatoms. The van der Waals surface area contributed by atoms with Gasteiger partial charge in [0.1, 0.15) is 11.5 Å². The number of hydrogen-bond donors (Lipinski definition) is 1. The summed E-state index contributed by atoms with van der Waals surface area (Å²) < 4.78 is 32.2. The van der Waals surface area contributed by atoms with Crippen LogP contribution in [-0.2, 0) is 21.2 Å². The largest absolute Gasteiger partial charge is 0.493 e. The lowest BCUT2D eigenvalue weighted by Gasteiger charge is -2.13. The fraction of sp³-hybridized carbons (Fsp3) is 0.462. The van der Waals surface area contributed by atoms with E-state index >= 15 is 0 Å². The smallest absolute Gasteiger partial charge is 0.240 e. The Morgan fingerprint density at radius 3 is 2.89 bits per heavy atom. The van der Waals surface area contributed by atoms with Gasteiger partial charge >= 0.3 is 0 Å². The number of fused-ring (bicyclic) bond motifs is 1. The molecule has 1 aliphatic rings. The average molecular weight is 283 g/mol. The fourth-order valence-electron chi connectivity index (χ4n) is 2.14. The lowest BCUT2D eigenvalue weighted by molar-refractivity contribution is -0.117. The summed E-state index contributed by atoms with van der Waals surface area (Å²) in [6.45, 7) is 3.71. The van der Waals surface area contributed by atoms with Crippen molar-refractivity contribution >= 4 is 15.8 Å². The summed E-state index contributed by atoms with van der Waals surface area (Å²) in [5, 5.41) is 0. The van der Waals surface area contributed by atoms with Gasteiger partial charge in [0, 0.05) is 18.9 Å². The highest BCUT2D eigenvalue weighted by molar-refractivity contribution is 7.89. The number of nitrogens with one attached hydrogen (secondary N) is 1. The zero-order valence-corrected chi connectivity index (χ0v) is 11.8. The molecule has 19 heavy (non-hydrogen) atoms. The number of carbonyl (C=O) groups is 1. The minimum Gasteiger partial charge on any atom is -0.493 e. The second-order valence-electron chi connectivity index (χ2n) is 4.80. The topological polar surface area (TPSA) is 72.5 Å². The summed E-state index contributed by atoms with van der Waals surface area (Å²) in [5.74, 6) is 0.702. The first-order valence-corrected chi connectivity index (χ1v) is 7.64. The zero-order valence-electron chi connectivity index (χ0n) is 11.0. The van der Waals surface area contributed by atoms with Gasteiger partial charge in [0.05, 0.1) is 11.5 Å². The van der Waals surface area contributed by atoms with Gasteiger partial charge in [-0.1, -0.05) is 0 Å². The molecule has 0 unspecified atom stereocenters. The maximum Gasteiger partial charge on any atom is 0.240 e. The monoisotopic (exact) mass is 283 g/mol. The molecule has 0 aliphatic carbocycles. The molecule has 2 rings (SSSR count). The minimum atomic E-state index is -3.58. The van der Waals surface area contributed by atoms with Crippen molar-refractivity contribution in [3.8, 4) is 5.75 Å². The first-order valence-electron chi connectivity index (χ1n) is 6.16. The number of Topliss-reactive ketones (excluding diaryl/α,β-unsaturated/α-hetero) is 1. The second-order valence-corrected chi connectivity index (χ2v) is 6.51. The van der Waals surface area contributed by atoms with Crippen LogP contribution in [0, 0.1) is 0 Å². The van der Waals surface area contributed by atoms with Crippen LogP contribution in [0.3, 0.4) is 0 Å². The van der Waals surface area contributed by atoms with Crippen LogP contribution in [0.2, 0.25) is 0 Å². The number of carbonyl (C=O) groups excluding carboxylic acids is 1. The molecular weight excluding hydrogens is 266 g/mol. The molecule has 1 aromatic carbocycles. The van der Waals surface area contributed by atoms with E-state index in [-0.39, 0.29) is 17.1 Å². The molecule has 0 saturated heterocycles. The Morgan fingerprint density at radius 2 is 2.21 bits per heavy atom. The van der Waals surface area contributed by atoms with Gasteiger partial charge in [-0.3, -0.25) is 4.79 Å². The van der Waals surface area contributed by atoms with Crippen molar-refractivity contribution in [1.82, 2.24) is 4.72 Å². The van der Waals surface area contributed by atoms with Crippen molar-refractivity contribution in [2.75, 3.05) is 6.61 Å². The molecule has 1 heterocycles. The van der Waals surface area contributed by atoms with E-state index in [9.17, 15) is 13.2 Å². The van der Waals surface area contributed by atoms with E-state index in [0.717, 1.165) is 17.7 Å². The van der Waals surface area contributed by atoms with Crippen molar-refractivity contribution in [2.45, 2.75) is 37.6 Å². The van der Waals surface area contributed by atoms with E-state index in [4.69, 9.17) is 4.74 Å². The second kappa shape index (κ2) is 5.30. The highest BCUT2D eigenvalue weighted by Crippen LogP contribution is 2.27. The number of benzene rings is 1. The molecule has 1 N–H and O–H groups in total. The normalized spacial score (nSPS) is 15.7. The molecule has 0 saturated carbocycles. The number of hydrogen-bond acceptors (Lipinski definition) is 4. The predicted octanol–water partition coefficient (Wildman–Crippen LogP) is 1.27. The fourth-order valence-corrected chi connectivity index (χ4v) is 3.43. The Hall–Kier alpha value is -1.40. The van der Waals surface area contributed by atoms with Crippen molar-refractivity contribution < 1.29 is 17.9 Å². The molecule has 1 aromatic rings. The molecule has 0 spiro atoms. The Balaban J connectivity index is 2.18. The molecule has 0 fully saturated rings. The summed E-state index contributed by atoms with van der Waals surface area (Å²) >= 11 is 0. The summed E-state index contributed by atoms with van der Waals surface area (Å²) in [7, 11) is -3.58. The highest BCUT2D eigenvalue weighted by Gasteiger charge is 2.21. The van der Waals surface area contributed by atoms with Crippen LogP contribution in [0.1, 0.15) is 25.8 Å². The third-order valence-corrected chi connectivity index (χ3v) is 4.51. The Morgan fingerprint density at radius 1 is 1.47 bits per heavy atom. The van der Waals surface area contributed by atoms with Crippen molar-refractivity contribution in [1.29, 1.82) is 0 Å². The first kappa shape index (κ1) is 14.0. The first-order chi connectivity index (χ1) is 8.88. The van der Waals surface area contributed by atoms with E-state index in [1.54, 1.807) is 19.1 Å². The lowest BCUT2D eigenvalue weighted by atomic mass is 10.2. The third kappa shape index (κ3) is 3.33. The molecule has 104 valence electrons. The van der Waals surface area contributed by atoms with E-state index in [1.165, 1.54) is 13.0 Å². The molecule has 0 radical (unpaired) electrons. The Labute approximate surface area is 113 Å². The van der Waals surface area contributed by atoms with Gasteiger partial charge < -0.3 is 4.74 Å². The van der Waals surface area contributed by atoms with Gasteiger partial charge in [-0.25, -0.2) is 13.1 Å².